The second-order valence-electron chi connectivity index (χ2n) is 4.56. The fourth-order valence-corrected chi connectivity index (χ4v) is 2.29. The highest BCUT2D eigenvalue weighted by Gasteiger charge is 2.33. The Morgan fingerprint density at radius 1 is 1.50 bits per heavy atom. The third kappa shape index (κ3) is 3.48. The van der Waals surface area contributed by atoms with Crippen molar-refractivity contribution in [1.29, 1.82) is 0 Å². The Morgan fingerprint density at radius 2 is 2.22 bits per heavy atom. The summed E-state index contributed by atoms with van der Waals surface area (Å²) in [5.41, 5.74) is 0. The molecule has 0 aromatic carbocycles. The zero-order valence-corrected chi connectivity index (χ0v) is 11.0. The van der Waals surface area contributed by atoms with Gasteiger partial charge in [0.25, 0.3) is 0 Å². The summed E-state index contributed by atoms with van der Waals surface area (Å²) in [5.74, 6) is -0.905. The first kappa shape index (κ1) is 14.5. The average molecular weight is 254 g/mol. The highest BCUT2D eigenvalue weighted by molar-refractivity contribution is 5.83. The van der Waals surface area contributed by atoms with E-state index in [1.54, 1.807) is 11.0 Å². The second-order valence-corrected chi connectivity index (χ2v) is 4.56. The largest absolute Gasteiger partial charge is 0.480 e. The van der Waals surface area contributed by atoms with E-state index in [-0.39, 0.29) is 6.03 Å². The first-order chi connectivity index (χ1) is 8.61. The van der Waals surface area contributed by atoms with E-state index in [2.05, 4.69) is 6.58 Å². The van der Waals surface area contributed by atoms with Crippen LogP contribution in [0.25, 0.3) is 0 Å². The molecule has 0 radical (unpaired) electrons. The zero-order chi connectivity index (χ0) is 13.5. The van der Waals surface area contributed by atoms with E-state index in [1.165, 1.54) is 4.90 Å². The van der Waals surface area contributed by atoms with Gasteiger partial charge in [-0.05, 0) is 25.7 Å². The minimum absolute atomic E-state index is 0.177. The third-order valence-corrected chi connectivity index (χ3v) is 3.15. The number of rotatable bonds is 5. The van der Waals surface area contributed by atoms with Crippen molar-refractivity contribution < 1.29 is 14.7 Å². The number of aliphatic carboxylic acids is 1. The molecule has 1 aliphatic rings. The Bertz CT molecular complexity index is 317. The molecule has 1 heterocycles. The number of amides is 2. The predicted molar refractivity (Wildman–Crippen MR) is 69.4 cm³/mol. The van der Waals surface area contributed by atoms with Gasteiger partial charge in [-0.25, -0.2) is 9.59 Å². The summed E-state index contributed by atoms with van der Waals surface area (Å²) in [7, 11) is 0. The van der Waals surface area contributed by atoms with Gasteiger partial charge < -0.3 is 14.9 Å². The molecule has 1 N–H and O–H groups in total. The minimum Gasteiger partial charge on any atom is -0.480 e. The molecule has 1 unspecified atom stereocenters. The van der Waals surface area contributed by atoms with Crippen LogP contribution >= 0.6 is 0 Å². The van der Waals surface area contributed by atoms with Crippen LogP contribution in [0.15, 0.2) is 12.7 Å². The van der Waals surface area contributed by atoms with E-state index < -0.39 is 12.0 Å². The molecule has 1 fully saturated rings. The summed E-state index contributed by atoms with van der Waals surface area (Å²) in [6.45, 7) is 7.27. The maximum Gasteiger partial charge on any atom is 0.326 e. The normalized spacial score (nSPS) is 19.4. The van der Waals surface area contributed by atoms with Gasteiger partial charge in [0, 0.05) is 19.6 Å². The topological polar surface area (TPSA) is 60.9 Å². The number of carboxylic acids is 1. The summed E-state index contributed by atoms with van der Waals surface area (Å²) in [6, 6.07) is -0.848. The quantitative estimate of drug-likeness (QED) is 0.763. The molecule has 0 saturated carbocycles. The summed E-state index contributed by atoms with van der Waals surface area (Å²) >= 11 is 0. The highest BCUT2D eigenvalue weighted by Crippen LogP contribution is 2.19. The van der Waals surface area contributed by atoms with Crippen LogP contribution in [0.5, 0.6) is 0 Å². The maximum atomic E-state index is 12.3. The number of hydrogen-bond acceptors (Lipinski definition) is 2. The summed E-state index contributed by atoms with van der Waals surface area (Å²) in [6.07, 6.45) is 4.83. The van der Waals surface area contributed by atoms with Gasteiger partial charge in [0.1, 0.15) is 6.04 Å². The lowest BCUT2D eigenvalue weighted by Crippen LogP contribution is -2.53. The number of likely N-dealkylation sites (tertiary alicyclic amines) is 1. The Kier molecular flexibility index (Phi) is 5.68. The van der Waals surface area contributed by atoms with Crippen molar-refractivity contribution in [3.63, 3.8) is 0 Å². The molecular weight excluding hydrogens is 232 g/mol. The lowest BCUT2D eigenvalue weighted by molar-refractivity contribution is -0.143. The van der Waals surface area contributed by atoms with Gasteiger partial charge in [0.2, 0.25) is 0 Å². The van der Waals surface area contributed by atoms with Gasteiger partial charge >= 0.3 is 12.0 Å². The fourth-order valence-electron chi connectivity index (χ4n) is 2.29. The van der Waals surface area contributed by atoms with E-state index in [9.17, 15) is 9.59 Å². The number of piperidine rings is 1. The van der Waals surface area contributed by atoms with E-state index in [4.69, 9.17) is 5.11 Å². The maximum absolute atomic E-state index is 12.3. The summed E-state index contributed by atoms with van der Waals surface area (Å²) < 4.78 is 0. The van der Waals surface area contributed by atoms with Crippen molar-refractivity contribution in [2.24, 2.45) is 0 Å². The van der Waals surface area contributed by atoms with Crippen LogP contribution < -0.4 is 0 Å². The monoisotopic (exact) mass is 254 g/mol. The molecule has 0 bridgehead atoms. The molecule has 18 heavy (non-hydrogen) atoms. The average Bonchev–Trinajstić information content (AvgIpc) is 2.37. The first-order valence-corrected chi connectivity index (χ1v) is 6.51. The van der Waals surface area contributed by atoms with Gasteiger partial charge in [-0.1, -0.05) is 13.0 Å². The van der Waals surface area contributed by atoms with Crippen molar-refractivity contribution in [2.45, 2.75) is 38.6 Å². The van der Waals surface area contributed by atoms with Crippen molar-refractivity contribution >= 4 is 12.0 Å². The molecule has 2 amide bonds. The molecule has 5 heteroatoms. The fraction of sp³-hybridized carbons (Fsp3) is 0.692. The van der Waals surface area contributed by atoms with Crippen LogP contribution in [0.1, 0.15) is 32.6 Å². The van der Waals surface area contributed by atoms with Crippen molar-refractivity contribution in [2.75, 3.05) is 19.6 Å². The smallest absolute Gasteiger partial charge is 0.326 e. The number of hydrogen-bond donors (Lipinski definition) is 1. The number of carboxylic acid groups (broad SMARTS) is 1. The molecule has 5 nitrogen and oxygen atoms in total. The molecule has 1 aliphatic heterocycles. The van der Waals surface area contributed by atoms with E-state index in [1.807, 2.05) is 6.92 Å². The van der Waals surface area contributed by atoms with Crippen LogP contribution in [-0.4, -0.2) is 52.6 Å². The number of urea groups is 1. The number of nitrogens with zero attached hydrogens (tertiary/aromatic N) is 2. The molecular formula is C13H22N2O3. The SMILES string of the molecule is C=CCN(CCC)C(=O)N1CCCCC1C(=O)O. The Morgan fingerprint density at radius 3 is 2.78 bits per heavy atom. The van der Waals surface area contributed by atoms with E-state index in [0.717, 1.165) is 19.3 Å². The molecule has 1 rings (SSSR count). The van der Waals surface area contributed by atoms with E-state index >= 15 is 0 Å². The third-order valence-electron chi connectivity index (χ3n) is 3.15. The summed E-state index contributed by atoms with van der Waals surface area (Å²) in [4.78, 5) is 26.7. The van der Waals surface area contributed by atoms with E-state index in [0.29, 0.717) is 26.1 Å². The van der Waals surface area contributed by atoms with Gasteiger partial charge in [0.05, 0.1) is 0 Å². The van der Waals surface area contributed by atoms with Crippen LogP contribution in [-0.2, 0) is 4.79 Å². The molecule has 0 aliphatic carbocycles. The molecule has 102 valence electrons. The molecule has 0 aromatic heterocycles. The van der Waals surface area contributed by atoms with Gasteiger partial charge in [-0.15, -0.1) is 6.58 Å². The van der Waals surface area contributed by atoms with Gasteiger partial charge in [0.15, 0.2) is 0 Å². The molecule has 0 spiro atoms. The Labute approximate surface area is 108 Å². The lowest BCUT2D eigenvalue weighted by atomic mass is 10.0. The molecule has 1 saturated heterocycles. The van der Waals surface area contributed by atoms with Gasteiger partial charge in [-0.3, -0.25) is 0 Å². The van der Waals surface area contributed by atoms with Crippen LogP contribution in [0.2, 0.25) is 0 Å². The lowest BCUT2D eigenvalue weighted by Gasteiger charge is -2.36. The summed E-state index contributed by atoms with van der Waals surface area (Å²) in [5, 5.41) is 9.17. The van der Waals surface area contributed by atoms with Gasteiger partial charge in [-0.2, -0.15) is 0 Å². The zero-order valence-electron chi connectivity index (χ0n) is 11.0. The predicted octanol–water partition coefficient (Wildman–Crippen LogP) is 1.94. The van der Waals surface area contributed by atoms with Crippen LogP contribution in [0.4, 0.5) is 4.79 Å². The second kappa shape index (κ2) is 7.03. The van der Waals surface area contributed by atoms with Crippen LogP contribution in [0.3, 0.4) is 0 Å². The number of carbonyl (C=O) groups is 2. The molecule has 1 atom stereocenters. The van der Waals surface area contributed by atoms with Crippen LogP contribution in [0, 0.1) is 0 Å². The standard InChI is InChI=1S/C13H22N2O3/c1-3-8-14(9-4-2)13(18)15-10-6-5-7-11(15)12(16)17/h3,11H,1,4-10H2,2H3,(H,16,17). The van der Waals surface area contributed by atoms with Crippen molar-refractivity contribution in [3.05, 3.63) is 12.7 Å². The van der Waals surface area contributed by atoms with Crippen molar-refractivity contribution in [3.8, 4) is 0 Å². The Hall–Kier alpha value is -1.52. The Balaban J connectivity index is 2.76. The van der Waals surface area contributed by atoms with Crippen molar-refractivity contribution in [1.82, 2.24) is 9.80 Å². The molecule has 0 aromatic rings. The highest BCUT2D eigenvalue weighted by atomic mass is 16.4. The minimum atomic E-state index is -0.905. The number of carbonyl (C=O) groups excluding carboxylic acids is 1. The first-order valence-electron chi connectivity index (χ1n) is 6.51.